The number of fused-ring (bicyclic) bond motifs is 3. The number of ether oxygens (including phenoxy) is 1. The van der Waals surface area contributed by atoms with Crippen LogP contribution in [-0.4, -0.2) is 59.4 Å². The Kier molecular flexibility index (Phi) is 8.85. The fourth-order valence-corrected chi connectivity index (χ4v) is 6.66. The third kappa shape index (κ3) is 5.69. The number of allylic oxidation sites excluding steroid dienone is 2. The molecular weight excluding hydrogens is 564 g/mol. The summed E-state index contributed by atoms with van der Waals surface area (Å²) in [4.78, 5) is 44.9. The second-order valence-corrected chi connectivity index (χ2v) is 12.9. The van der Waals surface area contributed by atoms with Crippen molar-refractivity contribution in [2.45, 2.75) is 91.6 Å². The van der Waals surface area contributed by atoms with E-state index in [4.69, 9.17) is 16.3 Å². The summed E-state index contributed by atoms with van der Waals surface area (Å²) in [6.45, 7) is 12.5. The summed E-state index contributed by atoms with van der Waals surface area (Å²) in [5.41, 5.74) is 0.497. The zero-order valence-electron chi connectivity index (χ0n) is 25.7. The van der Waals surface area contributed by atoms with Gasteiger partial charge in [-0.05, 0) is 71.4 Å². The van der Waals surface area contributed by atoms with Gasteiger partial charge in [0.1, 0.15) is 11.4 Å². The zero-order chi connectivity index (χ0) is 31.2. The van der Waals surface area contributed by atoms with Crippen LogP contribution in [0.25, 0.3) is 0 Å². The van der Waals surface area contributed by atoms with Crippen molar-refractivity contribution in [3.63, 3.8) is 0 Å². The number of piperidine rings is 1. The molecule has 7 nitrogen and oxygen atoms in total. The molecule has 42 heavy (non-hydrogen) atoms. The van der Waals surface area contributed by atoms with E-state index in [1.807, 2.05) is 47.6 Å². The van der Waals surface area contributed by atoms with Gasteiger partial charge in [0, 0.05) is 38.6 Å². The Bertz CT molecular complexity index is 1320. The highest BCUT2D eigenvalue weighted by atomic mass is 35.5. The number of hydrogen-bond acceptors (Lipinski definition) is 4. The molecular formula is C32H42ClF2N3O4. The molecule has 0 bridgehead atoms. The van der Waals surface area contributed by atoms with Gasteiger partial charge in [0.25, 0.3) is 5.91 Å². The van der Waals surface area contributed by atoms with Crippen LogP contribution in [0.4, 0.5) is 19.3 Å². The van der Waals surface area contributed by atoms with Crippen LogP contribution in [0.5, 0.6) is 0 Å². The Morgan fingerprint density at radius 1 is 1.07 bits per heavy atom. The van der Waals surface area contributed by atoms with Gasteiger partial charge in [0.05, 0.1) is 21.7 Å². The number of anilines is 1. The summed E-state index contributed by atoms with van der Waals surface area (Å²) < 4.78 is 34.3. The number of hydrogen-bond donors (Lipinski definition) is 0. The van der Waals surface area contributed by atoms with Crippen LogP contribution < -0.4 is 4.90 Å². The SMILES string of the molecule is C/C(=C\C1=C2N(C)C(=O)c3c(Cl)cccc3N2C(=O)C12CCC(F)(F)CC2)C1CCN(C(=O)OC(C)(C)C)CC1.CC. The van der Waals surface area contributed by atoms with Crippen molar-refractivity contribution in [1.29, 1.82) is 0 Å². The van der Waals surface area contributed by atoms with E-state index in [9.17, 15) is 23.2 Å². The molecule has 2 fully saturated rings. The predicted molar refractivity (Wildman–Crippen MR) is 160 cm³/mol. The standard InChI is InChI=1S/C30H36ClF2N3O4.C2H6/c1-18(19-9-15-35(16-10-19)27(39)40-28(2,3)4)17-20-24-34(5)25(37)23-21(31)7-6-8-22(23)36(24)26(38)29(20)11-13-30(32,33)14-12-29;1-2/h6-8,17,19H,9-16H2,1-5H3;1-2H3/b18-17+;. The lowest BCUT2D eigenvalue weighted by atomic mass is 9.68. The van der Waals surface area contributed by atoms with E-state index in [1.165, 1.54) is 9.80 Å². The first kappa shape index (κ1) is 32.0. The molecule has 3 heterocycles. The average molecular weight is 606 g/mol. The van der Waals surface area contributed by atoms with Gasteiger partial charge >= 0.3 is 6.09 Å². The van der Waals surface area contributed by atoms with Gasteiger partial charge in [-0.25, -0.2) is 13.6 Å². The van der Waals surface area contributed by atoms with Gasteiger partial charge in [0.2, 0.25) is 11.8 Å². The molecule has 1 aliphatic carbocycles. The monoisotopic (exact) mass is 605 g/mol. The molecule has 0 unspecified atom stereocenters. The number of halogens is 3. The topological polar surface area (TPSA) is 70.2 Å². The third-order valence-electron chi connectivity index (χ3n) is 8.65. The van der Waals surface area contributed by atoms with Gasteiger partial charge in [-0.1, -0.05) is 43.2 Å². The highest BCUT2D eigenvalue weighted by molar-refractivity contribution is 6.35. The fraction of sp³-hybridized carbons (Fsp3) is 0.594. The maximum absolute atomic E-state index is 14.4. The Hall–Kier alpha value is -2.94. The number of carbonyl (C=O) groups is 3. The molecule has 0 N–H and O–H groups in total. The Balaban J connectivity index is 0.00000198. The summed E-state index contributed by atoms with van der Waals surface area (Å²) in [7, 11) is 1.60. The highest BCUT2D eigenvalue weighted by Crippen LogP contribution is 2.57. The molecule has 1 aromatic carbocycles. The van der Waals surface area contributed by atoms with Crippen LogP contribution in [0.15, 0.2) is 41.2 Å². The normalized spacial score (nSPS) is 22.1. The van der Waals surface area contributed by atoms with E-state index in [0.29, 0.717) is 43.0 Å². The summed E-state index contributed by atoms with van der Waals surface area (Å²) >= 11 is 6.40. The van der Waals surface area contributed by atoms with Crippen molar-refractivity contribution in [3.8, 4) is 0 Å². The van der Waals surface area contributed by atoms with Crippen molar-refractivity contribution in [2.24, 2.45) is 11.3 Å². The Morgan fingerprint density at radius 2 is 1.67 bits per heavy atom. The average Bonchev–Trinajstić information content (AvgIpc) is 3.16. The van der Waals surface area contributed by atoms with Crippen molar-refractivity contribution in [2.75, 3.05) is 25.0 Å². The minimum atomic E-state index is -2.83. The number of amides is 3. The molecule has 1 saturated carbocycles. The molecule has 0 atom stereocenters. The van der Waals surface area contributed by atoms with Crippen molar-refractivity contribution >= 4 is 35.2 Å². The van der Waals surface area contributed by atoms with Gasteiger partial charge in [-0.15, -0.1) is 0 Å². The highest BCUT2D eigenvalue weighted by Gasteiger charge is 2.59. The maximum Gasteiger partial charge on any atom is 0.410 e. The minimum absolute atomic E-state index is 0.00698. The van der Waals surface area contributed by atoms with Crippen LogP contribution in [-0.2, 0) is 9.53 Å². The minimum Gasteiger partial charge on any atom is -0.444 e. The fourth-order valence-electron chi connectivity index (χ4n) is 6.41. The molecule has 3 aliphatic heterocycles. The van der Waals surface area contributed by atoms with E-state index in [-0.39, 0.29) is 47.3 Å². The second kappa shape index (κ2) is 11.6. The smallest absolute Gasteiger partial charge is 0.410 e. The van der Waals surface area contributed by atoms with Gasteiger partial charge in [-0.2, -0.15) is 0 Å². The van der Waals surface area contributed by atoms with E-state index >= 15 is 0 Å². The molecule has 1 aromatic rings. The van der Waals surface area contributed by atoms with Crippen molar-refractivity contribution in [1.82, 2.24) is 9.80 Å². The Morgan fingerprint density at radius 3 is 2.24 bits per heavy atom. The van der Waals surface area contributed by atoms with E-state index in [1.54, 1.807) is 30.1 Å². The van der Waals surface area contributed by atoms with E-state index in [0.717, 1.165) is 5.57 Å². The number of nitrogens with zero attached hydrogens (tertiary/aromatic N) is 3. The first-order valence-electron chi connectivity index (χ1n) is 14.8. The molecule has 3 amide bonds. The second-order valence-electron chi connectivity index (χ2n) is 12.4. The van der Waals surface area contributed by atoms with Crippen LogP contribution in [0.3, 0.4) is 0 Å². The van der Waals surface area contributed by atoms with E-state index < -0.39 is 29.8 Å². The number of carbonyl (C=O) groups excluding carboxylic acids is 3. The van der Waals surface area contributed by atoms with Crippen molar-refractivity contribution < 1.29 is 27.9 Å². The molecule has 10 heteroatoms. The number of likely N-dealkylation sites (tertiary alicyclic amines) is 1. The van der Waals surface area contributed by atoms with Crippen LogP contribution in [0.1, 0.15) is 90.4 Å². The van der Waals surface area contributed by atoms with Gasteiger partial charge in [-0.3, -0.25) is 19.4 Å². The molecule has 1 saturated heterocycles. The molecule has 230 valence electrons. The quantitative estimate of drug-likeness (QED) is 0.345. The molecule has 5 rings (SSSR count). The summed E-state index contributed by atoms with van der Waals surface area (Å²) in [5, 5.41) is 0.238. The first-order chi connectivity index (χ1) is 19.7. The van der Waals surface area contributed by atoms with Crippen molar-refractivity contribution in [3.05, 3.63) is 51.8 Å². The first-order valence-corrected chi connectivity index (χ1v) is 15.2. The third-order valence-corrected chi connectivity index (χ3v) is 8.96. The summed E-state index contributed by atoms with van der Waals surface area (Å²) in [6.07, 6.45) is 2.22. The van der Waals surface area contributed by atoms with E-state index in [2.05, 4.69) is 0 Å². The molecule has 0 radical (unpaired) electrons. The summed E-state index contributed by atoms with van der Waals surface area (Å²) in [6, 6.07) is 4.97. The number of rotatable bonds is 2. The molecule has 4 aliphatic rings. The maximum atomic E-state index is 14.4. The van der Waals surface area contributed by atoms with Crippen LogP contribution in [0, 0.1) is 11.3 Å². The van der Waals surface area contributed by atoms with Gasteiger partial charge < -0.3 is 9.64 Å². The van der Waals surface area contributed by atoms with Crippen LogP contribution in [0.2, 0.25) is 5.02 Å². The Labute approximate surface area is 252 Å². The molecule has 0 aromatic heterocycles. The van der Waals surface area contributed by atoms with Gasteiger partial charge in [0.15, 0.2) is 0 Å². The lowest BCUT2D eigenvalue weighted by molar-refractivity contribution is -0.130. The number of benzene rings is 1. The lowest BCUT2D eigenvalue weighted by Gasteiger charge is -2.38. The van der Waals surface area contributed by atoms with Crippen LogP contribution >= 0.6 is 11.6 Å². The summed E-state index contributed by atoms with van der Waals surface area (Å²) in [5.74, 6) is -2.92. The number of alkyl halides is 2. The zero-order valence-corrected chi connectivity index (χ0v) is 26.4. The molecule has 1 spiro atoms. The largest absolute Gasteiger partial charge is 0.444 e. The predicted octanol–water partition coefficient (Wildman–Crippen LogP) is 7.80. The lowest BCUT2D eigenvalue weighted by Crippen LogP contribution is -2.46.